The van der Waals surface area contributed by atoms with Gasteiger partial charge in [-0.25, -0.2) is 13.5 Å². The lowest BCUT2D eigenvalue weighted by Crippen LogP contribution is -2.48. The van der Waals surface area contributed by atoms with Gasteiger partial charge in [0.1, 0.15) is 11.5 Å². The molecule has 2 aromatic rings. The highest BCUT2D eigenvalue weighted by atomic mass is 19.1. The summed E-state index contributed by atoms with van der Waals surface area (Å²) in [6.45, 7) is 9.78. The number of hydrogen-bond acceptors (Lipinski definition) is 3. The predicted octanol–water partition coefficient (Wildman–Crippen LogP) is 2.56. The van der Waals surface area contributed by atoms with E-state index >= 15 is 0 Å². The summed E-state index contributed by atoms with van der Waals surface area (Å²) < 4.78 is 28.7. The fourth-order valence-corrected chi connectivity index (χ4v) is 3.17. The Kier molecular flexibility index (Phi) is 4.46. The Balaban J connectivity index is 1.90. The summed E-state index contributed by atoms with van der Waals surface area (Å²) in [7, 11) is 0. The number of nitrogens with zero attached hydrogens (tertiary/aromatic N) is 3. The Hall–Kier alpha value is -1.79. The molecule has 0 radical (unpaired) electrons. The summed E-state index contributed by atoms with van der Waals surface area (Å²) in [6, 6.07) is 4.05. The second-order valence-corrected chi connectivity index (χ2v) is 6.25. The van der Waals surface area contributed by atoms with E-state index in [9.17, 15) is 8.78 Å². The van der Waals surface area contributed by atoms with E-state index < -0.39 is 11.6 Å². The van der Waals surface area contributed by atoms with Crippen molar-refractivity contribution < 1.29 is 8.78 Å². The van der Waals surface area contributed by atoms with Gasteiger partial charge in [-0.1, -0.05) is 0 Å². The normalized spacial score (nSPS) is 19.3. The number of piperazine rings is 1. The fraction of sp³-hybridized carbons (Fsp3) is 0.471. The third-order valence-electron chi connectivity index (χ3n) is 4.41. The molecule has 1 saturated heterocycles. The molecule has 124 valence electrons. The van der Waals surface area contributed by atoms with Crippen LogP contribution in [0.4, 0.5) is 8.78 Å². The molecule has 4 nitrogen and oxygen atoms in total. The molecule has 0 saturated carbocycles. The molecule has 23 heavy (non-hydrogen) atoms. The minimum Gasteiger partial charge on any atom is -0.312 e. The second-order valence-electron chi connectivity index (χ2n) is 6.25. The maximum atomic E-state index is 14.0. The second kappa shape index (κ2) is 6.37. The summed E-state index contributed by atoms with van der Waals surface area (Å²) in [6.07, 6.45) is 0. The van der Waals surface area contributed by atoms with Gasteiger partial charge >= 0.3 is 0 Å². The van der Waals surface area contributed by atoms with Gasteiger partial charge in [-0.15, -0.1) is 0 Å². The van der Waals surface area contributed by atoms with Crippen molar-refractivity contribution in [3.8, 4) is 5.69 Å². The Morgan fingerprint density at radius 2 is 2.09 bits per heavy atom. The fourth-order valence-electron chi connectivity index (χ4n) is 3.17. The molecule has 0 aliphatic carbocycles. The van der Waals surface area contributed by atoms with Crippen molar-refractivity contribution in [3.63, 3.8) is 0 Å². The van der Waals surface area contributed by atoms with E-state index in [-0.39, 0.29) is 5.69 Å². The predicted molar refractivity (Wildman–Crippen MR) is 85.7 cm³/mol. The molecule has 6 heteroatoms. The van der Waals surface area contributed by atoms with E-state index in [0.717, 1.165) is 49.2 Å². The first-order valence-electron chi connectivity index (χ1n) is 7.92. The maximum Gasteiger partial charge on any atom is 0.151 e. The van der Waals surface area contributed by atoms with Crippen molar-refractivity contribution in [1.82, 2.24) is 20.0 Å². The van der Waals surface area contributed by atoms with Gasteiger partial charge < -0.3 is 5.32 Å². The van der Waals surface area contributed by atoms with E-state index in [1.54, 1.807) is 4.68 Å². The van der Waals surface area contributed by atoms with Crippen LogP contribution in [0.25, 0.3) is 5.69 Å². The molecule has 1 aromatic heterocycles. The Labute approximate surface area is 135 Å². The molecular formula is C17H22F2N4. The van der Waals surface area contributed by atoms with Gasteiger partial charge in [0.15, 0.2) is 5.82 Å². The highest BCUT2D eigenvalue weighted by Gasteiger charge is 2.21. The molecule has 1 aromatic carbocycles. The van der Waals surface area contributed by atoms with Crippen LogP contribution in [0.2, 0.25) is 0 Å². The number of aryl methyl sites for hydroxylation is 1. The molecule has 0 spiro atoms. The minimum absolute atomic E-state index is 0.284. The largest absolute Gasteiger partial charge is 0.312 e. The van der Waals surface area contributed by atoms with Crippen molar-refractivity contribution in [2.75, 3.05) is 19.6 Å². The van der Waals surface area contributed by atoms with Gasteiger partial charge in [0, 0.05) is 49.5 Å². The van der Waals surface area contributed by atoms with Gasteiger partial charge in [-0.2, -0.15) is 5.10 Å². The van der Waals surface area contributed by atoms with Crippen LogP contribution in [0.1, 0.15) is 23.9 Å². The van der Waals surface area contributed by atoms with Gasteiger partial charge in [-0.05, 0) is 32.9 Å². The number of rotatable bonds is 3. The van der Waals surface area contributed by atoms with Gasteiger partial charge in [0.05, 0.1) is 5.69 Å². The number of benzene rings is 1. The van der Waals surface area contributed by atoms with Gasteiger partial charge in [0.2, 0.25) is 0 Å². The van der Waals surface area contributed by atoms with Gasteiger partial charge in [0.25, 0.3) is 0 Å². The molecule has 1 N–H and O–H groups in total. The first kappa shape index (κ1) is 16.1. The third-order valence-corrected chi connectivity index (χ3v) is 4.41. The number of halogens is 2. The van der Waals surface area contributed by atoms with Crippen LogP contribution < -0.4 is 5.32 Å². The van der Waals surface area contributed by atoms with Crippen LogP contribution in [0.15, 0.2) is 18.2 Å². The van der Waals surface area contributed by atoms with Crippen LogP contribution in [-0.4, -0.2) is 40.4 Å². The average molecular weight is 320 g/mol. The summed E-state index contributed by atoms with van der Waals surface area (Å²) in [5.74, 6) is -1.18. The molecule has 0 amide bonds. The molecule has 1 atom stereocenters. The molecule has 1 aliphatic rings. The zero-order valence-electron chi connectivity index (χ0n) is 13.7. The van der Waals surface area contributed by atoms with Crippen LogP contribution in [0.5, 0.6) is 0 Å². The molecule has 2 heterocycles. The lowest BCUT2D eigenvalue weighted by Gasteiger charge is -2.31. The Morgan fingerprint density at radius 3 is 2.78 bits per heavy atom. The van der Waals surface area contributed by atoms with Crippen molar-refractivity contribution in [2.24, 2.45) is 0 Å². The summed E-state index contributed by atoms with van der Waals surface area (Å²) in [5.41, 5.74) is 3.19. The standard InChI is InChI=1S/C17H22F2N4/c1-11-9-22(7-6-20-11)10-15-12(2)21-23(13(15)3)17-5-4-14(18)8-16(17)19/h4-5,8,11,20H,6-7,9-10H2,1-3H3/t11-/m0/s1. The maximum absolute atomic E-state index is 14.0. The molecule has 1 aliphatic heterocycles. The van der Waals surface area contributed by atoms with Crippen LogP contribution in [0.3, 0.4) is 0 Å². The molecule has 1 fully saturated rings. The Morgan fingerprint density at radius 1 is 1.30 bits per heavy atom. The molecule has 3 rings (SSSR count). The lowest BCUT2D eigenvalue weighted by atomic mass is 10.1. The first-order chi connectivity index (χ1) is 11.0. The minimum atomic E-state index is -0.599. The van der Waals surface area contributed by atoms with E-state index in [1.807, 2.05) is 13.8 Å². The van der Waals surface area contributed by atoms with Gasteiger partial charge in [-0.3, -0.25) is 4.90 Å². The zero-order chi connectivity index (χ0) is 16.6. The van der Waals surface area contributed by atoms with Crippen molar-refractivity contribution >= 4 is 0 Å². The quantitative estimate of drug-likeness (QED) is 0.943. The first-order valence-corrected chi connectivity index (χ1v) is 7.92. The van der Waals surface area contributed by atoms with E-state index in [2.05, 4.69) is 22.2 Å². The van der Waals surface area contributed by atoms with Crippen LogP contribution >= 0.6 is 0 Å². The zero-order valence-corrected chi connectivity index (χ0v) is 13.7. The highest BCUT2D eigenvalue weighted by Crippen LogP contribution is 2.22. The topological polar surface area (TPSA) is 33.1 Å². The monoisotopic (exact) mass is 320 g/mol. The number of aromatic nitrogens is 2. The van der Waals surface area contributed by atoms with Crippen molar-refractivity contribution in [3.05, 3.63) is 46.8 Å². The SMILES string of the molecule is Cc1nn(-c2ccc(F)cc2F)c(C)c1CN1CCN[C@@H](C)C1. The van der Waals surface area contributed by atoms with E-state index in [0.29, 0.717) is 6.04 Å². The number of hydrogen-bond donors (Lipinski definition) is 1. The van der Waals surface area contributed by atoms with E-state index in [4.69, 9.17) is 0 Å². The molecule has 0 bridgehead atoms. The van der Waals surface area contributed by atoms with Crippen LogP contribution in [0, 0.1) is 25.5 Å². The summed E-state index contributed by atoms with van der Waals surface area (Å²) in [4.78, 5) is 2.38. The Bertz CT molecular complexity index is 711. The third kappa shape index (κ3) is 3.28. The van der Waals surface area contributed by atoms with Crippen LogP contribution in [-0.2, 0) is 6.54 Å². The van der Waals surface area contributed by atoms with E-state index in [1.165, 1.54) is 12.1 Å². The number of nitrogens with one attached hydrogen (secondary N) is 1. The average Bonchev–Trinajstić information content (AvgIpc) is 2.75. The molecular weight excluding hydrogens is 298 g/mol. The van der Waals surface area contributed by atoms with Crippen molar-refractivity contribution in [1.29, 1.82) is 0 Å². The summed E-state index contributed by atoms with van der Waals surface area (Å²) >= 11 is 0. The van der Waals surface area contributed by atoms with Crippen molar-refractivity contribution in [2.45, 2.75) is 33.4 Å². The highest BCUT2D eigenvalue weighted by molar-refractivity contribution is 5.38. The molecule has 0 unspecified atom stereocenters. The summed E-state index contributed by atoms with van der Waals surface area (Å²) in [5, 5.41) is 7.89. The smallest absolute Gasteiger partial charge is 0.151 e. The lowest BCUT2D eigenvalue weighted by molar-refractivity contribution is 0.199.